The molecule has 15 heavy (non-hydrogen) atoms. The number of alkyl halides is 2. The van der Waals surface area contributed by atoms with Crippen LogP contribution in [0.25, 0.3) is 0 Å². The molecule has 1 aromatic rings. The van der Waals surface area contributed by atoms with Gasteiger partial charge in [-0.3, -0.25) is 0 Å². The van der Waals surface area contributed by atoms with Gasteiger partial charge in [0, 0.05) is 5.56 Å². The Labute approximate surface area is 88.5 Å². The van der Waals surface area contributed by atoms with Gasteiger partial charge in [-0.1, -0.05) is 24.3 Å². The third-order valence-electron chi connectivity index (χ3n) is 3.01. The monoisotopic (exact) mass is 211 g/mol. The Morgan fingerprint density at radius 2 is 2.00 bits per heavy atom. The minimum Gasteiger partial charge on any atom is -0.319 e. The van der Waals surface area contributed by atoms with E-state index in [4.69, 9.17) is 0 Å². The molecule has 2 rings (SSSR count). The Kier molecular flexibility index (Phi) is 3.00. The van der Waals surface area contributed by atoms with E-state index in [0.717, 1.165) is 6.54 Å². The second kappa shape index (κ2) is 4.27. The van der Waals surface area contributed by atoms with Gasteiger partial charge in [-0.15, -0.1) is 0 Å². The summed E-state index contributed by atoms with van der Waals surface area (Å²) in [7, 11) is 1.94. The molecule has 0 bridgehead atoms. The highest BCUT2D eigenvalue weighted by molar-refractivity contribution is 5.30. The summed E-state index contributed by atoms with van der Waals surface area (Å²) in [5, 5.41) is 3.14. The van der Waals surface area contributed by atoms with Crippen molar-refractivity contribution in [2.45, 2.75) is 18.8 Å². The van der Waals surface area contributed by atoms with Crippen LogP contribution in [0, 0.1) is 5.92 Å². The maximum atomic E-state index is 12.3. The first-order valence-electron chi connectivity index (χ1n) is 5.25. The molecule has 2 unspecified atom stereocenters. The molecule has 1 fully saturated rings. The smallest absolute Gasteiger partial charge is 0.263 e. The van der Waals surface area contributed by atoms with E-state index in [9.17, 15) is 8.78 Å². The van der Waals surface area contributed by atoms with Gasteiger partial charge in [-0.05, 0) is 37.4 Å². The van der Waals surface area contributed by atoms with E-state index in [1.54, 1.807) is 0 Å². The van der Waals surface area contributed by atoms with E-state index in [0.29, 0.717) is 11.8 Å². The van der Waals surface area contributed by atoms with Gasteiger partial charge in [0.05, 0.1) is 0 Å². The van der Waals surface area contributed by atoms with Crippen LogP contribution in [0.5, 0.6) is 0 Å². The molecule has 1 aromatic carbocycles. The lowest BCUT2D eigenvalue weighted by Gasteiger charge is -2.03. The Balaban J connectivity index is 2.00. The normalized spacial score (nSPS) is 24.5. The Hall–Kier alpha value is -0.960. The molecule has 1 aliphatic rings. The summed E-state index contributed by atoms with van der Waals surface area (Å²) in [6, 6.07) is 6.74. The highest BCUT2D eigenvalue weighted by Gasteiger charge is 2.37. The first-order chi connectivity index (χ1) is 7.22. The minimum atomic E-state index is -2.36. The molecule has 1 nitrogen and oxygen atoms in total. The second-order valence-corrected chi connectivity index (χ2v) is 4.13. The molecule has 0 spiro atoms. The zero-order valence-electron chi connectivity index (χ0n) is 8.71. The van der Waals surface area contributed by atoms with Crippen LogP contribution in [-0.2, 0) is 0 Å². The predicted molar refractivity (Wildman–Crippen MR) is 56.2 cm³/mol. The van der Waals surface area contributed by atoms with Gasteiger partial charge < -0.3 is 5.32 Å². The number of hydrogen-bond acceptors (Lipinski definition) is 1. The summed E-state index contributed by atoms with van der Waals surface area (Å²) >= 11 is 0. The standard InChI is InChI=1S/C12H15F2N/c1-15-7-10-6-11(10)8-2-4-9(5-3-8)12(13)14/h2-5,10-12,15H,6-7H2,1H3. The van der Waals surface area contributed by atoms with Crippen LogP contribution in [0.3, 0.4) is 0 Å². The second-order valence-electron chi connectivity index (χ2n) is 4.13. The van der Waals surface area contributed by atoms with Crippen LogP contribution in [0.4, 0.5) is 8.78 Å². The van der Waals surface area contributed by atoms with Crippen molar-refractivity contribution in [2.24, 2.45) is 5.92 Å². The van der Waals surface area contributed by atoms with Gasteiger partial charge in [0.1, 0.15) is 0 Å². The van der Waals surface area contributed by atoms with Crippen molar-refractivity contribution < 1.29 is 8.78 Å². The number of halogens is 2. The molecule has 0 saturated heterocycles. The van der Waals surface area contributed by atoms with E-state index in [1.165, 1.54) is 24.1 Å². The van der Waals surface area contributed by atoms with Crippen molar-refractivity contribution in [1.29, 1.82) is 0 Å². The number of hydrogen-bond donors (Lipinski definition) is 1. The van der Waals surface area contributed by atoms with Gasteiger partial charge in [0.15, 0.2) is 0 Å². The van der Waals surface area contributed by atoms with E-state index in [1.807, 2.05) is 19.2 Å². The molecular formula is C12H15F2N. The molecule has 0 aromatic heterocycles. The summed E-state index contributed by atoms with van der Waals surface area (Å²) in [6.45, 7) is 1.02. The molecule has 1 N–H and O–H groups in total. The highest BCUT2D eigenvalue weighted by atomic mass is 19.3. The molecule has 1 aliphatic carbocycles. The Morgan fingerprint density at radius 1 is 1.33 bits per heavy atom. The van der Waals surface area contributed by atoms with Crippen molar-refractivity contribution in [1.82, 2.24) is 5.32 Å². The topological polar surface area (TPSA) is 12.0 Å². The van der Waals surface area contributed by atoms with E-state index < -0.39 is 6.43 Å². The quantitative estimate of drug-likeness (QED) is 0.807. The average molecular weight is 211 g/mol. The fourth-order valence-electron chi connectivity index (χ4n) is 2.03. The zero-order chi connectivity index (χ0) is 10.8. The van der Waals surface area contributed by atoms with Crippen LogP contribution in [-0.4, -0.2) is 13.6 Å². The van der Waals surface area contributed by atoms with E-state index >= 15 is 0 Å². The SMILES string of the molecule is CNCC1CC1c1ccc(C(F)F)cc1. The predicted octanol–water partition coefficient (Wildman–Crippen LogP) is 2.95. The summed E-state index contributed by atoms with van der Waals surface area (Å²) in [6.07, 6.45) is -1.18. The number of rotatable bonds is 4. The Morgan fingerprint density at radius 3 is 2.53 bits per heavy atom. The largest absolute Gasteiger partial charge is 0.319 e. The lowest BCUT2D eigenvalue weighted by molar-refractivity contribution is 0.151. The molecule has 0 amide bonds. The average Bonchev–Trinajstić information content (AvgIpc) is 2.98. The minimum absolute atomic E-state index is 0.115. The molecule has 1 saturated carbocycles. The summed E-state index contributed by atoms with van der Waals surface area (Å²) in [5.41, 5.74) is 1.31. The van der Waals surface area contributed by atoms with Crippen molar-refractivity contribution >= 4 is 0 Å². The van der Waals surface area contributed by atoms with Crippen LogP contribution in [0.1, 0.15) is 29.9 Å². The highest BCUT2D eigenvalue weighted by Crippen LogP contribution is 2.47. The van der Waals surface area contributed by atoms with Crippen molar-refractivity contribution in [3.8, 4) is 0 Å². The van der Waals surface area contributed by atoms with Gasteiger partial charge in [0.25, 0.3) is 6.43 Å². The summed E-state index contributed by atoms with van der Waals surface area (Å²) in [5.74, 6) is 1.26. The first kappa shape index (κ1) is 10.6. The van der Waals surface area contributed by atoms with Gasteiger partial charge in [0.2, 0.25) is 0 Å². The van der Waals surface area contributed by atoms with Gasteiger partial charge in [-0.2, -0.15) is 0 Å². The first-order valence-corrected chi connectivity index (χ1v) is 5.25. The molecule has 2 atom stereocenters. The van der Waals surface area contributed by atoms with Crippen molar-refractivity contribution in [2.75, 3.05) is 13.6 Å². The fourth-order valence-corrected chi connectivity index (χ4v) is 2.03. The van der Waals surface area contributed by atoms with E-state index in [2.05, 4.69) is 5.32 Å². The fraction of sp³-hybridized carbons (Fsp3) is 0.500. The third kappa shape index (κ3) is 2.34. The Bertz CT molecular complexity index is 321. The lowest BCUT2D eigenvalue weighted by Crippen LogP contribution is -2.10. The molecule has 3 heteroatoms. The molecule has 0 radical (unpaired) electrons. The van der Waals surface area contributed by atoms with Gasteiger partial charge >= 0.3 is 0 Å². The zero-order valence-corrected chi connectivity index (χ0v) is 8.71. The van der Waals surface area contributed by atoms with Crippen LogP contribution in [0.2, 0.25) is 0 Å². The van der Waals surface area contributed by atoms with Gasteiger partial charge in [-0.25, -0.2) is 8.78 Å². The third-order valence-corrected chi connectivity index (χ3v) is 3.01. The molecular weight excluding hydrogens is 196 g/mol. The summed E-state index contributed by atoms with van der Waals surface area (Å²) < 4.78 is 24.6. The molecule has 82 valence electrons. The van der Waals surface area contributed by atoms with Crippen LogP contribution >= 0.6 is 0 Å². The number of nitrogens with one attached hydrogen (secondary N) is 1. The maximum absolute atomic E-state index is 12.3. The van der Waals surface area contributed by atoms with Crippen molar-refractivity contribution in [3.63, 3.8) is 0 Å². The van der Waals surface area contributed by atoms with Crippen LogP contribution in [0.15, 0.2) is 24.3 Å². The lowest BCUT2D eigenvalue weighted by atomic mass is 10.1. The van der Waals surface area contributed by atoms with E-state index in [-0.39, 0.29) is 5.56 Å². The molecule has 0 aliphatic heterocycles. The number of benzene rings is 1. The summed E-state index contributed by atoms with van der Waals surface area (Å²) in [4.78, 5) is 0. The van der Waals surface area contributed by atoms with Crippen molar-refractivity contribution in [3.05, 3.63) is 35.4 Å². The molecule has 0 heterocycles. The van der Waals surface area contributed by atoms with Crippen LogP contribution < -0.4 is 5.32 Å². The maximum Gasteiger partial charge on any atom is 0.263 e.